The number of hydrogen-bond donors (Lipinski definition) is 0. The highest BCUT2D eigenvalue weighted by Crippen LogP contribution is 2.39. The van der Waals surface area contributed by atoms with Crippen molar-refractivity contribution in [2.24, 2.45) is 0 Å². The van der Waals surface area contributed by atoms with Crippen molar-refractivity contribution in [1.82, 2.24) is 14.7 Å². The van der Waals surface area contributed by atoms with Crippen LogP contribution in [0.5, 0.6) is 0 Å². The molecule has 0 bridgehead atoms. The molecular weight excluding hydrogens is 338 g/mol. The van der Waals surface area contributed by atoms with Gasteiger partial charge in [0.25, 0.3) is 0 Å². The Morgan fingerprint density at radius 3 is 2.88 bits per heavy atom. The van der Waals surface area contributed by atoms with Crippen molar-refractivity contribution in [2.75, 3.05) is 6.54 Å². The number of rotatable bonds is 3. The summed E-state index contributed by atoms with van der Waals surface area (Å²) in [6.07, 6.45) is 0.942. The minimum atomic E-state index is 0.0458. The van der Waals surface area contributed by atoms with Crippen molar-refractivity contribution in [3.63, 3.8) is 0 Å². The lowest BCUT2D eigenvalue weighted by molar-refractivity contribution is -0.134. The SMILES string of the molecule is Cc1cc(C)n(CC(=O)N2CCc3sccc3[C@H]2c2cccs2)n1. The van der Waals surface area contributed by atoms with Crippen LogP contribution in [0.25, 0.3) is 0 Å². The zero-order chi connectivity index (χ0) is 16.7. The van der Waals surface area contributed by atoms with E-state index in [0.29, 0.717) is 6.54 Å². The van der Waals surface area contributed by atoms with Crippen molar-refractivity contribution >= 4 is 28.6 Å². The third-order valence-corrected chi connectivity index (χ3v) is 6.41. The minimum absolute atomic E-state index is 0.0458. The highest BCUT2D eigenvalue weighted by atomic mass is 32.1. The number of thiophene rings is 2. The summed E-state index contributed by atoms with van der Waals surface area (Å²) in [5.41, 5.74) is 3.27. The molecule has 0 saturated carbocycles. The maximum Gasteiger partial charge on any atom is 0.245 e. The maximum absolute atomic E-state index is 13.0. The van der Waals surface area contributed by atoms with Gasteiger partial charge in [0.1, 0.15) is 6.54 Å². The van der Waals surface area contributed by atoms with Crippen molar-refractivity contribution in [1.29, 1.82) is 0 Å². The third-order valence-electron chi connectivity index (χ3n) is 4.49. The van der Waals surface area contributed by atoms with Gasteiger partial charge in [-0.05, 0) is 54.8 Å². The standard InChI is InChI=1S/C18H19N3OS2/c1-12-10-13(2)21(19-12)11-17(22)20-7-5-15-14(6-9-24-15)18(20)16-4-3-8-23-16/h3-4,6,8-10,18H,5,7,11H2,1-2H3/t18-/m0/s1. The van der Waals surface area contributed by atoms with Gasteiger partial charge in [0.2, 0.25) is 5.91 Å². The number of amides is 1. The van der Waals surface area contributed by atoms with Gasteiger partial charge in [0, 0.05) is 22.0 Å². The summed E-state index contributed by atoms with van der Waals surface area (Å²) in [7, 11) is 0. The van der Waals surface area contributed by atoms with Gasteiger partial charge < -0.3 is 4.90 Å². The fourth-order valence-electron chi connectivity index (χ4n) is 3.39. The lowest BCUT2D eigenvalue weighted by atomic mass is 9.98. The summed E-state index contributed by atoms with van der Waals surface area (Å²) in [5.74, 6) is 0.136. The van der Waals surface area contributed by atoms with Crippen LogP contribution in [0.15, 0.2) is 35.0 Å². The molecule has 0 N–H and O–H groups in total. The van der Waals surface area contributed by atoms with Crippen molar-refractivity contribution in [3.8, 4) is 0 Å². The van der Waals surface area contributed by atoms with Crippen LogP contribution in [-0.2, 0) is 17.8 Å². The molecule has 3 aromatic heterocycles. The molecule has 1 amide bonds. The molecule has 1 aliphatic rings. The summed E-state index contributed by atoms with van der Waals surface area (Å²) in [6, 6.07) is 8.42. The van der Waals surface area contributed by atoms with Gasteiger partial charge in [-0.25, -0.2) is 0 Å². The molecule has 6 heteroatoms. The zero-order valence-corrected chi connectivity index (χ0v) is 15.4. The Hall–Kier alpha value is -1.92. The van der Waals surface area contributed by atoms with Crippen LogP contribution in [0.4, 0.5) is 0 Å². The average molecular weight is 358 g/mol. The largest absolute Gasteiger partial charge is 0.329 e. The van der Waals surface area contributed by atoms with Crippen LogP contribution in [0.1, 0.15) is 32.7 Å². The van der Waals surface area contributed by atoms with Gasteiger partial charge in [0.05, 0.1) is 11.7 Å². The van der Waals surface area contributed by atoms with E-state index < -0.39 is 0 Å². The summed E-state index contributed by atoms with van der Waals surface area (Å²) >= 11 is 3.52. The molecule has 1 atom stereocenters. The monoisotopic (exact) mass is 357 g/mol. The van der Waals surface area contributed by atoms with Gasteiger partial charge >= 0.3 is 0 Å². The molecule has 124 valence electrons. The quantitative estimate of drug-likeness (QED) is 0.715. The van der Waals surface area contributed by atoms with Crippen LogP contribution >= 0.6 is 22.7 Å². The van der Waals surface area contributed by atoms with E-state index in [2.05, 4.69) is 34.1 Å². The molecule has 4 rings (SSSR count). The second kappa shape index (κ2) is 6.18. The van der Waals surface area contributed by atoms with E-state index >= 15 is 0 Å². The van der Waals surface area contributed by atoms with E-state index in [4.69, 9.17) is 0 Å². The Morgan fingerprint density at radius 2 is 2.17 bits per heavy atom. The van der Waals surface area contributed by atoms with Crippen LogP contribution in [0.2, 0.25) is 0 Å². The molecule has 0 unspecified atom stereocenters. The number of nitrogens with zero attached hydrogens (tertiary/aromatic N) is 3. The Bertz CT molecular complexity index is 863. The Kier molecular flexibility index (Phi) is 4.02. The highest BCUT2D eigenvalue weighted by Gasteiger charge is 2.33. The first-order chi connectivity index (χ1) is 11.6. The summed E-state index contributed by atoms with van der Waals surface area (Å²) < 4.78 is 1.81. The second-order valence-corrected chi connectivity index (χ2v) is 8.12. The van der Waals surface area contributed by atoms with Crippen LogP contribution in [0, 0.1) is 13.8 Å². The maximum atomic E-state index is 13.0. The summed E-state index contributed by atoms with van der Waals surface area (Å²) in [5, 5.41) is 8.66. The van der Waals surface area contributed by atoms with Gasteiger partial charge in [0.15, 0.2) is 0 Å². The summed E-state index contributed by atoms with van der Waals surface area (Å²) in [4.78, 5) is 17.7. The van der Waals surface area contributed by atoms with Gasteiger partial charge in [-0.2, -0.15) is 5.10 Å². The smallest absolute Gasteiger partial charge is 0.245 e. The minimum Gasteiger partial charge on any atom is -0.329 e. The van der Waals surface area contributed by atoms with E-state index in [1.807, 2.05) is 29.5 Å². The van der Waals surface area contributed by atoms with E-state index in [9.17, 15) is 4.79 Å². The number of aryl methyl sites for hydroxylation is 2. The molecule has 0 aliphatic carbocycles. The molecule has 3 aromatic rings. The fourth-order valence-corrected chi connectivity index (χ4v) is 5.15. The number of fused-ring (bicyclic) bond motifs is 1. The first-order valence-corrected chi connectivity index (χ1v) is 9.79. The molecular formula is C18H19N3OS2. The number of carbonyl (C=O) groups is 1. The summed E-state index contributed by atoms with van der Waals surface area (Å²) in [6.45, 7) is 5.04. The first kappa shape index (κ1) is 15.6. The predicted molar refractivity (Wildman–Crippen MR) is 97.6 cm³/mol. The third kappa shape index (κ3) is 2.70. The molecule has 0 fully saturated rings. The molecule has 0 saturated heterocycles. The van der Waals surface area contributed by atoms with E-state index in [-0.39, 0.29) is 11.9 Å². The van der Waals surface area contributed by atoms with E-state index in [0.717, 1.165) is 24.4 Å². The lowest BCUT2D eigenvalue weighted by Crippen LogP contribution is -2.41. The van der Waals surface area contributed by atoms with Crippen molar-refractivity contribution in [2.45, 2.75) is 32.9 Å². The normalized spacial score (nSPS) is 17.1. The highest BCUT2D eigenvalue weighted by molar-refractivity contribution is 7.10. The van der Waals surface area contributed by atoms with Crippen molar-refractivity contribution in [3.05, 3.63) is 61.7 Å². The molecule has 1 aliphatic heterocycles. The van der Waals surface area contributed by atoms with Gasteiger partial charge in [-0.3, -0.25) is 9.48 Å². The zero-order valence-electron chi connectivity index (χ0n) is 13.7. The van der Waals surface area contributed by atoms with E-state index in [1.165, 1.54) is 15.3 Å². The number of hydrogen-bond acceptors (Lipinski definition) is 4. The predicted octanol–water partition coefficient (Wildman–Crippen LogP) is 3.80. The van der Waals surface area contributed by atoms with E-state index in [1.54, 1.807) is 22.7 Å². The molecule has 0 radical (unpaired) electrons. The fraction of sp³-hybridized carbons (Fsp3) is 0.333. The van der Waals surface area contributed by atoms with Crippen LogP contribution < -0.4 is 0 Å². The first-order valence-electron chi connectivity index (χ1n) is 8.03. The van der Waals surface area contributed by atoms with Crippen molar-refractivity contribution < 1.29 is 4.79 Å². The lowest BCUT2D eigenvalue weighted by Gasteiger charge is -2.35. The average Bonchev–Trinajstić information content (AvgIpc) is 3.28. The number of carbonyl (C=O) groups excluding carboxylic acids is 1. The van der Waals surface area contributed by atoms with Crippen LogP contribution in [0.3, 0.4) is 0 Å². The molecule has 0 spiro atoms. The number of aromatic nitrogens is 2. The second-order valence-electron chi connectivity index (χ2n) is 6.14. The Labute approximate surface area is 149 Å². The molecule has 0 aromatic carbocycles. The molecule has 4 heterocycles. The van der Waals surface area contributed by atoms with Gasteiger partial charge in [-0.1, -0.05) is 6.07 Å². The molecule has 4 nitrogen and oxygen atoms in total. The Balaban J connectivity index is 1.66. The Morgan fingerprint density at radius 1 is 1.29 bits per heavy atom. The molecule has 24 heavy (non-hydrogen) atoms. The van der Waals surface area contributed by atoms with Gasteiger partial charge in [-0.15, -0.1) is 22.7 Å². The topological polar surface area (TPSA) is 38.1 Å². The van der Waals surface area contributed by atoms with Crippen LogP contribution in [-0.4, -0.2) is 27.1 Å².